The number of amides is 2. The number of nitrogens with zero attached hydrogens (tertiary/aromatic N) is 3. The number of fused-ring (bicyclic) bond motifs is 1. The number of pyridine rings is 1. The summed E-state index contributed by atoms with van der Waals surface area (Å²) in [7, 11) is -4.03. The number of aliphatic imine (C=N–C) groups is 1. The maximum Gasteiger partial charge on any atom is 1.00 e. The first-order chi connectivity index (χ1) is 14.4. The second kappa shape index (κ2) is 9.17. The number of hydrogen-bond acceptors (Lipinski definition) is 8. The molecule has 14 heteroatoms. The van der Waals surface area contributed by atoms with Crippen molar-refractivity contribution in [2.75, 3.05) is 13.1 Å². The fraction of sp³-hybridized carbons (Fsp3) is 0.389. The molecule has 2 saturated heterocycles. The van der Waals surface area contributed by atoms with E-state index in [1.807, 2.05) is 0 Å². The van der Waals surface area contributed by atoms with E-state index in [0.717, 1.165) is 4.90 Å². The maximum atomic E-state index is 12.9. The number of carboxylic acid groups (broad SMARTS) is 1. The zero-order valence-corrected chi connectivity index (χ0v) is 20.5. The molecule has 0 bridgehead atoms. The van der Waals surface area contributed by atoms with Gasteiger partial charge in [0.15, 0.2) is 21.2 Å². The van der Waals surface area contributed by atoms with Crippen molar-refractivity contribution in [1.82, 2.24) is 15.2 Å². The quantitative estimate of drug-likeness (QED) is 0.0899. The van der Waals surface area contributed by atoms with Crippen molar-refractivity contribution in [2.45, 2.75) is 30.0 Å². The van der Waals surface area contributed by atoms with E-state index in [0.29, 0.717) is 0 Å². The Morgan fingerprint density at radius 2 is 2.03 bits per heavy atom. The SMILES string of the molecule is CC1(C)[C@H](C(=O)[O-])N2C(=O)/C(=C/c3cc(C(=O)NCCN=C(N)N)ccn3)[C@H]2S1(=O)=O.[Na+]. The molecule has 2 fully saturated rings. The molecule has 166 valence electrons. The van der Waals surface area contributed by atoms with Crippen molar-refractivity contribution >= 4 is 39.7 Å². The van der Waals surface area contributed by atoms with Crippen molar-refractivity contribution in [3.05, 3.63) is 35.2 Å². The zero-order chi connectivity index (χ0) is 23.1. The number of carboxylic acids is 1. The molecule has 0 aliphatic carbocycles. The summed E-state index contributed by atoms with van der Waals surface area (Å²) in [6, 6.07) is 1.22. The molecular formula is C18H21N6NaO6S. The molecule has 5 N–H and O–H groups in total. The van der Waals surface area contributed by atoms with Crippen molar-refractivity contribution in [3.63, 3.8) is 0 Å². The molecule has 1 aromatic heterocycles. The number of carbonyl (C=O) groups excluding carboxylic acids is 3. The second-order valence-corrected chi connectivity index (χ2v) is 10.2. The minimum atomic E-state index is -4.03. The third-order valence-corrected chi connectivity index (χ3v) is 7.98. The molecule has 0 aromatic carbocycles. The van der Waals surface area contributed by atoms with Gasteiger partial charge in [-0.1, -0.05) is 0 Å². The van der Waals surface area contributed by atoms with Crippen LogP contribution in [-0.4, -0.2) is 71.3 Å². The average Bonchev–Trinajstić information content (AvgIpc) is 2.83. The van der Waals surface area contributed by atoms with Crippen LogP contribution < -0.4 is 51.4 Å². The number of sulfone groups is 1. The van der Waals surface area contributed by atoms with Crippen LogP contribution in [0.15, 0.2) is 28.9 Å². The fourth-order valence-electron chi connectivity index (χ4n) is 3.61. The average molecular weight is 472 g/mol. The first-order valence-electron chi connectivity index (χ1n) is 9.17. The van der Waals surface area contributed by atoms with Crippen LogP contribution in [0.2, 0.25) is 0 Å². The Balaban J connectivity index is 0.00000363. The van der Waals surface area contributed by atoms with Gasteiger partial charge in [-0.3, -0.25) is 19.6 Å². The number of guanidine groups is 1. The number of nitrogens with two attached hydrogens (primary N) is 2. The minimum Gasteiger partial charge on any atom is -0.548 e. The molecule has 0 saturated carbocycles. The number of β-lactam (4-membered cyclic amide) rings is 1. The van der Waals surface area contributed by atoms with E-state index >= 15 is 0 Å². The molecule has 2 aliphatic heterocycles. The van der Waals surface area contributed by atoms with Crippen LogP contribution in [0.4, 0.5) is 0 Å². The van der Waals surface area contributed by atoms with Gasteiger partial charge in [0.1, 0.15) is 0 Å². The van der Waals surface area contributed by atoms with Crippen LogP contribution in [0.5, 0.6) is 0 Å². The van der Waals surface area contributed by atoms with Crippen molar-refractivity contribution in [1.29, 1.82) is 0 Å². The standard InChI is InChI=1S/C18H22N6O6S.Na/c1-18(2)12(16(27)28)24-14(26)11(15(24)31(18,29)30)8-10-7-9(3-4-21-10)13(25)22-5-6-23-17(19)20;/h3-4,7-8,12,15H,5-6H2,1-2H3,(H,22,25)(H,27,28)(H4,19,20,23);/q;+1/p-1/b11-8-;/t12-,15+;/m0./s1. The number of aliphatic carboxylic acids is 1. The molecule has 12 nitrogen and oxygen atoms in total. The van der Waals surface area contributed by atoms with Crippen LogP contribution >= 0.6 is 0 Å². The van der Waals surface area contributed by atoms with Gasteiger partial charge in [-0.15, -0.1) is 0 Å². The maximum absolute atomic E-state index is 12.9. The summed E-state index contributed by atoms with van der Waals surface area (Å²) in [5.74, 6) is -2.92. The normalized spacial score (nSPS) is 23.5. The first kappa shape index (κ1) is 25.8. The van der Waals surface area contributed by atoms with Gasteiger partial charge in [-0.2, -0.15) is 0 Å². The van der Waals surface area contributed by atoms with Gasteiger partial charge in [-0.05, 0) is 32.1 Å². The third-order valence-electron chi connectivity index (χ3n) is 5.23. The van der Waals surface area contributed by atoms with E-state index in [1.165, 1.54) is 38.3 Å². The van der Waals surface area contributed by atoms with E-state index in [9.17, 15) is 27.9 Å². The van der Waals surface area contributed by atoms with Crippen LogP contribution in [0.3, 0.4) is 0 Å². The molecule has 0 unspecified atom stereocenters. The molecule has 0 spiro atoms. The van der Waals surface area contributed by atoms with Gasteiger partial charge in [0.2, 0.25) is 0 Å². The Kier molecular flexibility index (Phi) is 7.39. The second-order valence-electron chi connectivity index (χ2n) is 7.57. The number of nitrogens with one attached hydrogen (secondary N) is 1. The van der Waals surface area contributed by atoms with E-state index < -0.39 is 43.8 Å². The van der Waals surface area contributed by atoms with E-state index in [4.69, 9.17) is 11.5 Å². The predicted molar refractivity (Wildman–Crippen MR) is 108 cm³/mol. The van der Waals surface area contributed by atoms with Crippen LogP contribution in [-0.2, 0) is 19.4 Å². The zero-order valence-electron chi connectivity index (χ0n) is 17.7. The van der Waals surface area contributed by atoms with E-state index in [1.54, 1.807) is 0 Å². The molecule has 3 rings (SSSR count). The molecular weight excluding hydrogens is 451 g/mol. The summed E-state index contributed by atoms with van der Waals surface area (Å²) in [6.07, 6.45) is 2.57. The summed E-state index contributed by atoms with van der Waals surface area (Å²) in [5.41, 5.74) is 10.7. The van der Waals surface area contributed by atoms with Gasteiger partial charge < -0.3 is 31.6 Å². The molecule has 2 aliphatic rings. The first-order valence-corrected chi connectivity index (χ1v) is 10.7. The smallest absolute Gasteiger partial charge is 0.548 e. The van der Waals surface area contributed by atoms with Crippen LogP contribution in [0, 0.1) is 0 Å². The minimum absolute atomic E-state index is 0. The molecule has 2 amide bonds. The van der Waals surface area contributed by atoms with E-state index in [-0.39, 0.29) is 65.4 Å². The number of rotatable bonds is 6. The predicted octanol–water partition coefficient (Wildman–Crippen LogP) is -6.03. The Labute approximate surface area is 206 Å². The molecule has 32 heavy (non-hydrogen) atoms. The fourth-order valence-corrected chi connectivity index (χ4v) is 5.72. The molecule has 3 heterocycles. The van der Waals surface area contributed by atoms with Gasteiger partial charge in [0.25, 0.3) is 11.8 Å². The van der Waals surface area contributed by atoms with Crippen LogP contribution in [0.25, 0.3) is 6.08 Å². The van der Waals surface area contributed by atoms with Crippen LogP contribution in [0.1, 0.15) is 29.9 Å². The summed E-state index contributed by atoms with van der Waals surface area (Å²) in [6.45, 7) is 2.87. The van der Waals surface area contributed by atoms with Crippen molar-refractivity contribution < 1.29 is 57.5 Å². The monoisotopic (exact) mass is 472 g/mol. The Hall–Kier alpha value is -2.48. The van der Waals surface area contributed by atoms with Gasteiger partial charge >= 0.3 is 29.6 Å². The Morgan fingerprint density at radius 1 is 1.38 bits per heavy atom. The van der Waals surface area contributed by atoms with Gasteiger partial charge in [0, 0.05) is 18.3 Å². The van der Waals surface area contributed by atoms with Crippen molar-refractivity contribution in [2.24, 2.45) is 16.5 Å². The summed E-state index contributed by atoms with van der Waals surface area (Å²) in [4.78, 5) is 44.9. The number of carbonyl (C=O) groups is 3. The third kappa shape index (κ3) is 4.25. The summed E-state index contributed by atoms with van der Waals surface area (Å²) in [5, 5.41) is 12.7. The number of aromatic nitrogens is 1. The number of hydrogen-bond donors (Lipinski definition) is 3. The molecule has 2 atom stereocenters. The van der Waals surface area contributed by atoms with Gasteiger partial charge in [0.05, 0.1) is 34.6 Å². The Bertz CT molecular complexity index is 1130. The largest absolute Gasteiger partial charge is 1.00 e. The summed E-state index contributed by atoms with van der Waals surface area (Å²) >= 11 is 0. The Morgan fingerprint density at radius 3 is 2.62 bits per heavy atom. The topological polar surface area (TPSA) is 201 Å². The van der Waals surface area contributed by atoms with Gasteiger partial charge in [-0.25, -0.2) is 8.42 Å². The van der Waals surface area contributed by atoms with Crippen molar-refractivity contribution in [3.8, 4) is 0 Å². The van der Waals surface area contributed by atoms with E-state index in [2.05, 4.69) is 15.3 Å². The molecule has 1 aromatic rings. The molecule has 0 radical (unpaired) electrons. The summed E-state index contributed by atoms with van der Waals surface area (Å²) < 4.78 is 24.0.